The molecular formula is C15H23N5O. The molecule has 0 saturated carbocycles. The van der Waals surface area contributed by atoms with Crippen LogP contribution in [0, 0.1) is 5.92 Å². The van der Waals surface area contributed by atoms with E-state index in [0.717, 1.165) is 17.5 Å². The standard InChI is InChI=1S/C15H23N5O/c1-10(2)5-6-16-15(21)19-13-7-12-8-18-20(11(3)4)14(12)17-9-13/h7-11H,5-6H2,1-4H3,(H2,16,19,21). The van der Waals surface area contributed by atoms with Crippen LogP contribution in [0.15, 0.2) is 18.5 Å². The molecule has 2 aromatic heterocycles. The number of carbonyl (C=O) groups is 1. The molecule has 114 valence electrons. The Kier molecular flexibility index (Phi) is 4.77. The smallest absolute Gasteiger partial charge is 0.319 e. The van der Waals surface area contributed by atoms with E-state index in [4.69, 9.17) is 0 Å². The van der Waals surface area contributed by atoms with E-state index < -0.39 is 0 Å². The van der Waals surface area contributed by atoms with E-state index in [1.165, 1.54) is 0 Å². The number of amides is 2. The number of hydrogen-bond donors (Lipinski definition) is 2. The molecule has 0 spiro atoms. The summed E-state index contributed by atoms with van der Waals surface area (Å²) < 4.78 is 1.86. The maximum absolute atomic E-state index is 11.8. The van der Waals surface area contributed by atoms with Gasteiger partial charge in [-0.05, 0) is 32.3 Å². The van der Waals surface area contributed by atoms with Crippen LogP contribution in [0.5, 0.6) is 0 Å². The van der Waals surface area contributed by atoms with Gasteiger partial charge < -0.3 is 10.6 Å². The van der Waals surface area contributed by atoms with Crippen LogP contribution in [0.4, 0.5) is 10.5 Å². The molecule has 0 unspecified atom stereocenters. The van der Waals surface area contributed by atoms with Gasteiger partial charge in [-0.3, -0.25) is 0 Å². The Labute approximate surface area is 124 Å². The van der Waals surface area contributed by atoms with Crippen molar-refractivity contribution in [3.63, 3.8) is 0 Å². The van der Waals surface area contributed by atoms with Gasteiger partial charge in [0, 0.05) is 18.0 Å². The average molecular weight is 289 g/mol. The summed E-state index contributed by atoms with van der Waals surface area (Å²) in [5.74, 6) is 0.574. The molecule has 0 atom stereocenters. The van der Waals surface area contributed by atoms with E-state index >= 15 is 0 Å². The summed E-state index contributed by atoms with van der Waals surface area (Å²) in [6.07, 6.45) is 4.39. The number of carbonyl (C=O) groups excluding carboxylic acids is 1. The van der Waals surface area contributed by atoms with Gasteiger partial charge in [0.2, 0.25) is 0 Å². The molecule has 0 fully saturated rings. The Hall–Kier alpha value is -2.11. The largest absolute Gasteiger partial charge is 0.338 e. The van der Waals surface area contributed by atoms with Gasteiger partial charge >= 0.3 is 6.03 Å². The van der Waals surface area contributed by atoms with Crippen molar-refractivity contribution in [1.29, 1.82) is 0 Å². The zero-order valence-corrected chi connectivity index (χ0v) is 13.1. The average Bonchev–Trinajstić information content (AvgIpc) is 2.81. The zero-order valence-electron chi connectivity index (χ0n) is 13.1. The summed E-state index contributed by atoms with van der Waals surface area (Å²) in [6, 6.07) is 1.94. The number of hydrogen-bond acceptors (Lipinski definition) is 3. The van der Waals surface area contributed by atoms with Crippen LogP contribution < -0.4 is 10.6 Å². The molecule has 2 N–H and O–H groups in total. The molecule has 0 saturated heterocycles. The molecule has 21 heavy (non-hydrogen) atoms. The minimum absolute atomic E-state index is 0.201. The van der Waals surface area contributed by atoms with Crippen molar-refractivity contribution < 1.29 is 4.79 Å². The van der Waals surface area contributed by atoms with Crippen molar-refractivity contribution in [2.75, 3.05) is 11.9 Å². The van der Waals surface area contributed by atoms with Gasteiger partial charge in [0.15, 0.2) is 5.65 Å². The van der Waals surface area contributed by atoms with Crippen LogP contribution in [0.1, 0.15) is 40.2 Å². The lowest BCUT2D eigenvalue weighted by atomic mass is 10.1. The number of fused-ring (bicyclic) bond motifs is 1. The second-order valence-electron chi connectivity index (χ2n) is 5.88. The molecule has 0 radical (unpaired) electrons. The highest BCUT2D eigenvalue weighted by atomic mass is 16.2. The van der Waals surface area contributed by atoms with Crippen molar-refractivity contribution in [1.82, 2.24) is 20.1 Å². The molecule has 0 aliphatic heterocycles. The minimum atomic E-state index is -0.201. The van der Waals surface area contributed by atoms with Gasteiger partial charge in [-0.1, -0.05) is 13.8 Å². The lowest BCUT2D eigenvalue weighted by Gasteiger charge is -2.09. The highest BCUT2D eigenvalue weighted by Crippen LogP contribution is 2.18. The molecule has 2 rings (SSSR count). The highest BCUT2D eigenvalue weighted by Gasteiger charge is 2.09. The second kappa shape index (κ2) is 6.56. The minimum Gasteiger partial charge on any atom is -0.338 e. The van der Waals surface area contributed by atoms with E-state index in [0.29, 0.717) is 18.2 Å². The van der Waals surface area contributed by atoms with Crippen molar-refractivity contribution in [2.24, 2.45) is 5.92 Å². The molecule has 0 aliphatic rings. The molecule has 2 amide bonds. The summed E-state index contributed by atoms with van der Waals surface area (Å²) in [7, 11) is 0. The topological polar surface area (TPSA) is 71.8 Å². The quantitative estimate of drug-likeness (QED) is 0.888. The van der Waals surface area contributed by atoms with E-state index in [1.807, 2.05) is 10.7 Å². The van der Waals surface area contributed by atoms with Crippen LogP contribution in [-0.2, 0) is 0 Å². The molecular weight excluding hydrogens is 266 g/mol. The van der Waals surface area contributed by atoms with Crippen LogP contribution >= 0.6 is 0 Å². The number of rotatable bonds is 5. The predicted octanol–water partition coefficient (Wildman–Crippen LogP) is 3.18. The first-order valence-corrected chi connectivity index (χ1v) is 7.35. The molecule has 0 aliphatic carbocycles. The Morgan fingerprint density at radius 1 is 1.29 bits per heavy atom. The molecule has 6 nitrogen and oxygen atoms in total. The maximum atomic E-state index is 11.8. The highest BCUT2D eigenvalue weighted by molar-refractivity contribution is 5.91. The number of nitrogens with zero attached hydrogens (tertiary/aromatic N) is 3. The molecule has 6 heteroatoms. The van der Waals surface area contributed by atoms with Gasteiger partial charge in [0.25, 0.3) is 0 Å². The van der Waals surface area contributed by atoms with Crippen molar-refractivity contribution in [2.45, 2.75) is 40.2 Å². The Balaban J connectivity index is 2.01. The van der Waals surface area contributed by atoms with E-state index in [9.17, 15) is 4.79 Å². The molecule has 2 heterocycles. The Morgan fingerprint density at radius 3 is 2.71 bits per heavy atom. The van der Waals surface area contributed by atoms with Gasteiger partial charge in [0.05, 0.1) is 18.1 Å². The monoisotopic (exact) mass is 289 g/mol. The summed E-state index contributed by atoms with van der Waals surface area (Å²) >= 11 is 0. The number of anilines is 1. The van der Waals surface area contributed by atoms with Gasteiger partial charge in [-0.25, -0.2) is 14.5 Å². The summed E-state index contributed by atoms with van der Waals surface area (Å²) in [4.78, 5) is 16.2. The van der Waals surface area contributed by atoms with Crippen LogP contribution in [0.3, 0.4) is 0 Å². The number of nitrogens with one attached hydrogen (secondary N) is 2. The number of aromatic nitrogens is 3. The third-order valence-electron chi connectivity index (χ3n) is 3.19. The Morgan fingerprint density at radius 2 is 2.05 bits per heavy atom. The predicted molar refractivity (Wildman–Crippen MR) is 84.4 cm³/mol. The van der Waals surface area contributed by atoms with Crippen LogP contribution in [0.2, 0.25) is 0 Å². The van der Waals surface area contributed by atoms with Crippen molar-refractivity contribution >= 4 is 22.8 Å². The second-order valence-corrected chi connectivity index (χ2v) is 5.88. The first-order valence-electron chi connectivity index (χ1n) is 7.35. The SMILES string of the molecule is CC(C)CCNC(=O)Nc1cnc2c(cnn2C(C)C)c1. The third kappa shape index (κ3) is 3.93. The van der Waals surface area contributed by atoms with Crippen LogP contribution in [0.25, 0.3) is 11.0 Å². The number of urea groups is 1. The Bertz CT molecular complexity index is 618. The van der Waals surface area contributed by atoms with E-state index in [2.05, 4.69) is 48.4 Å². The lowest BCUT2D eigenvalue weighted by molar-refractivity contribution is 0.251. The number of pyridine rings is 1. The molecule has 2 aromatic rings. The van der Waals surface area contributed by atoms with Gasteiger partial charge in [0.1, 0.15) is 0 Å². The van der Waals surface area contributed by atoms with Crippen LogP contribution in [-0.4, -0.2) is 27.3 Å². The van der Waals surface area contributed by atoms with E-state index in [1.54, 1.807) is 12.4 Å². The fourth-order valence-corrected chi connectivity index (χ4v) is 2.04. The normalized spacial score (nSPS) is 11.3. The van der Waals surface area contributed by atoms with Crippen molar-refractivity contribution in [3.8, 4) is 0 Å². The van der Waals surface area contributed by atoms with Gasteiger partial charge in [-0.2, -0.15) is 5.10 Å². The third-order valence-corrected chi connectivity index (χ3v) is 3.19. The summed E-state index contributed by atoms with van der Waals surface area (Å²) in [5, 5.41) is 10.9. The fraction of sp³-hybridized carbons (Fsp3) is 0.533. The zero-order chi connectivity index (χ0) is 15.4. The first kappa shape index (κ1) is 15.3. The van der Waals surface area contributed by atoms with Crippen molar-refractivity contribution in [3.05, 3.63) is 18.5 Å². The summed E-state index contributed by atoms with van der Waals surface area (Å²) in [5.41, 5.74) is 1.50. The van der Waals surface area contributed by atoms with Gasteiger partial charge in [-0.15, -0.1) is 0 Å². The fourth-order valence-electron chi connectivity index (χ4n) is 2.04. The van der Waals surface area contributed by atoms with E-state index in [-0.39, 0.29) is 12.1 Å². The molecule has 0 aromatic carbocycles. The maximum Gasteiger partial charge on any atom is 0.319 e. The summed E-state index contributed by atoms with van der Waals surface area (Å²) in [6.45, 7) is 9.04. The molecule has 0 bridgehead atoms. The lowest BCUT2D eigenvalue weighted by Crippen LogP contribution is -2.30. The first-order chi connectivity index (χ1) is 9.97.